The van der Waals surface area contributed by atoms with Gasteiger partial charge >= 0.3 is 0 Å². The quantitative estimate of drug-likeness (QED) is 0.702. The summed E-state index contributed by atoms with van der Waals surface area (Å²) in [4.78, 5) is 4.23. The second-order valence-corrected chi connectivity index (χ2v) is 4.67. The molecule has 1 heterocycles. The maximum Gasteiger partial charge on any atom is 0.126 e. The van der Waals surface area contributed by atoms with E-state index in [-0.39, 0.29) is 0 Å². The summed E-state index contributed by atoms with van der Waals surface area (Å²) in [6.45, 7) is 8.97. The number of hydrogen-bond donors (Lipinski definition) is 1. The maximum absolute atomic E-state index is 5.65. The molecule has 0 aromatic carbocycles. The molecule has 1 N–H and O–H groups in total. The van der Waals surface area contributed by atoms with Crippen LogP contribution in [-0.4, -0.2) is 18.1 Å². The number of hydrogen-bond acceptors (Lipinski definition) is 3. The van der Waals surface area contributed by atoms with Crippen LogP contribution in [0.25, 0.3) is 0 Å². The number of anilines is 1. The second kappa shape index (κ2) is 8.07. The fraction of sp³-hybridized carbons (Fsp3) is 0.643. The number of nitrogens with zero attached hydrogens (tertiary/aromatic N) is 1. The standard InChI is InChI=1S/C14H24N2O/c1-4-15-14-10-13(7-8-16-14)11-17-9-5-6-12(2)3/h7-8,10,12H,4-6,9,11H2,1-3H3,(H,15,16). The highest BCUT2D eigenvalue weighted by atomic mass is 16.5. The molecule has 0 saturated carbocycles. The SMILES string of the molecule is CCNc1cc(COCCCC(C)C)ccn1. The molecule has 96 valence electrons. The van der Waals surface area contributed by atoms with E-state index in [1.807, 2.05) is 18.3 Å². The summed E-state index contributed by atoms with van der Waals surface area (Å²) >= 11 is 0. The number of rotatable bonds is 8. The first kappa shape index (κ1) is 14.0. The molecule has 1 aromatic heterocycles. The Kier molecular flexibility index (Phi) is 6.63. The zero-order chi connectivity index (χ0) is 12.5. The highest BCUT2D eigenvalue weighted by Crippen LogP contribution is 2.09. The zero-order valence-electron chi connectivity index (χ0n) is 11.2. The monoisotopic (exact) mass is 236 g/mol. The minimum absolute atomic E-state index is 0.680. The van der Waals surface area contributed by atoms with Gasteiger partial charge in [0.1, 0.15) is 5.82 Å². The predicted molar refractivity (Wildman–Crippen MR) is 72.1 cm³/mol. The van der Waals surface area contributed by atoms with Crippen LogP contribution in [0, 0.1) is 5.92 Å². The van der Waals surface area contributed by atoms with Gasteiger partial charge < -0.3 is 10.1 Å². The average Bonchev–Trinajstić information content (AvgIpc) is 2.29. The largest absolute Gasteiger partial charge is 0.377 e. The number of nitrogens with one attached hydrogen (secondary N) is 1. The molecule has 0 radical (unpaired) electrons. The van der Waals surface area contributed by atoms with E-state index in [1.54, 1.807) is 0 Å². The number of ether oxygens (including phenoxy) is 1. The Balaban J connectivity index is 2.24. The van der Waals surface area contributed by atoms with Gasteiger partial charge in [0.05, 0.1) is 6.61 Å². The van der Waals surface area contributed by atoms with E-state index in [9.17, 15) is 0 Å². The predicted octanol–water partition coefficient (Wildman–Crippen LogP) is 3.47. The Morgan fingerprint density at radius 1 is 1.41 bits per heavy atom. The van der Waals surface area contributed by atoms with Gasteiger partial charge in [-0.3, -0.25) is 0 Å². The smallest absolute Gasteiger partial charge is 0.126 e. The van der Waals surface area contributed by atoms with E-state index in [0.717, 1.165) is 31.3 Å². The Hall–Kier alpha value is -1.09. The lowest BCUT2D eigenvalue weighted by Crippen LogP contribution is -2.01. The molecule has 0 amide bonds. The summed E-state index contributed by atoms with van der Waals surface area (Å²) in [5.41, 5.74) is 1.18. The van der Waals surface area contributed by atoms with Gasteiger partial charge in [-0.2, -0.15) is 0 Å². The van der Waals surface area contributed by atoms with Crippen LogP contribution in [-0.2, 0) is 11.3 Å². The zero-order valence-corrected chi connectivity index (χ0v) is 11.2. The van der Waals surface area contributed by atoms with Crippen molar-refractivity contribution >= 4 is 5.82 Å². The van der Waals surface area contributed by atoms with E-state index >= 15 is 0 Å². The molecular formula is C14H24N2O. The summed E-state index contributed by atoms with van der Waals surface area (Å²) in [6.07, 6.45) is 4.20. The molecule has 0 atom stereocenters. The van der Waals surface area contributed by atoms with Crippen molar-refractivity contribution in [3.05, 3.63) is 23.9 Å². The molecule has 0 unspecified atom stereocenters. The average molecular weight is 236 g/mol. The van der Waals surface area contributed by atoms with Gasteiger partial charge in [0.25, 0.3) is 0 Å². The second-order valence-electron chi connectivity index (χ2n) is 4.67. The molecule has 0 spiro atoms. The van der Waals surface area contributed by atoms with Crippen LogP contribution >= 0.6 is 0 Å². The molecule has 3 nitrogen and oxygen atoms in total. The third kappa shape index (κ3) is 6.27. The Labute approximate surface area is 105 Å². The fourth-order valence-corrected chi connectivity index (χ4v) is 1.63. The lowest BCUT2D eigenvalue weighted by molar-refractivity contribution is 0.115. The normalized spacial score (nSPS) is 10.8. The molecule has 0 bridgehead atoms. The van der Waals surface area contributed by atoms with E-state index in [2.05, 4.69) is 31.1 Å². The summed E-state index contributed by atoms with van der Waals surface area (Å²) in [5.74, 6) is 1.69. The van der Waals surface area contributed by atoms with E-state index < -0.39 is 0 Å². The van der Waals surface area contributed by atoms with Gasteiger partial charge in [0, 0.05) is 19.3 Å². The Morgan fingerprint density at radius 3 is 2.94 bits per heavy atom. The minimum Gasteiger partial charge on any atom is -0.377 e. The number of aromatic nitrogens is 1. The van der Waals surface area contributed by atoms with Gasteiger partial charge in [-0.15, -0.1) is 0 Å². The van der Waals surface area contributed by atoms with E-state index in [0.29, 0.717) is 6.61 Å². The van der Waals surface area contributed by atoms with Crippen LogP contribution in [0.2, 0.25) is 0 Å². The lowest BCUT2D eigenvalue weighted by atomic mass is 10.1. The molecule has 0 fully saturated rings. The van der Waals surface area contributed by atoms with Gasteiger partial charge in [-0.25, -0.2) is 4.98 Å². The first-order chi connectivity index (χ1) is 8.22. The van der Waals surface area contributed by atoms with Crippen LogP contribution in [0.1, 0.15) is 39.2 Å². The van der Waals surface area contributed by atoms with E-state index in [1.165, 1.54) is 12.0 Å². The number of pyridine rings is 1. The third-order valence-corrected chi connectivity index (χ3v) is 2.52. The van der Waals surface area contributed by atoms with Crippen molar-refractivity contribution in [3.63, 3.8) is 0 Å². The van der Waals surface area contributed by atoms with Crippen LogP contribution in [0.15, 0.2) is 18.3 Å². The lowest BCUT2D eigenvalue weighted by Gasteiger charge is -2.07. The van der Waals surface area contributed by atoms with Crippen molar-refractivity contribution in [2.24, 2.45) is 5.92 Å². The van der Waals surface area contributed by atoms with Crippen LogP contribution in [0.5, 0.6) is 0 Å². The molecule has 0 saturated heterocycles. The first-order valence-electron chi connectivity index (χ1n) is 6.49. The molecule has 3 heteroatoms. The van der Waals surface area contributed by atoms with Crippen molar-refractivity contribution in [2.75, 3.05) is 18.5 Å². The van der Waals surface area contributed by atoms with Crippen molar-refractivity contribution in [2.45, 2.75) is 40.2 Å². The van der Waals surface area contributed by atoms with Crippen molar-refractivity contribution in [1.82, 2.24) is 4.98 Å². The van der Waals surface area contributed by atoms with Gasteiger partial charge in [0.15, 0.2) is 0 Å². The molecule has 17 heavy (non-hydrogen) atoms. The van der Waals surface area contributed by atoms with Crippen molar-refractivity contribution in [3.8, 4) is 0 Å². The van der Waals surface area contributed by atoms with Gasteiger partial charge in [0.2, 0.25) is 0 Å². The molecule has 1 aromatic rings. The highest BCUT2D eigenvalue weighted by molar-refractivity contribution is 5.36. The van der Waals surface area contributed by atoms with Crippen LogP contribution < -0.4 is 5.32 Å². The summed E-state index contributed by atoms with van der Waals surface area (Å²) in [7, 11) is 0. The molecular weight excluding hydrogens is 212 g/mol. The summed E-state index contributed by atoms with van der Waals surface area (Å²) in [6, 6.07) is 4.05. The first-order valence-corrected chi connectivity index (χ1v) is 6.49. The van der Waals surface area contributed by atoms with Crippen LogP contribution in [0.3, 0.4) is 0 Å². The van der Waals surface area contributed by atoms with Crippen molar-refractivity contribution < 1.29 is 4.74 Å². The molecule has 1 rings (SSSR count). The molecule has 0 aliphatic heterocycles. The third-order valence-electron chi connectivity index (χ3n) is 2.52. The minimum atomic E-state index is 0.680. The fourth-order valence-electron chi connectivity index (χ4n) is 1.63. The maximum atomic E-state index is 5.65. The van der Waals surface area contributed by atoms with Gasteiger partial charge in [-0.05, 0) is 43.4 Å². The highest BCUT2D eigenvalue weighted by Gasteiger charge is 1.98. The molecule has 0 aliphatic carbocycles. The summed E-state index contributed by atoms with van der Waals surface area (Å²) in [5, 5.41) is 3.20. The molecule has 0 aliphatic rings. The van der Waals surface area contributed by atoms with Gasteiger partial charge in [-0.1, -0.05) is 13.8 Å². The summed E-state index contributed by atoms with van der Waals surface area (Å²) < 4.78 is 5.65. The van der Waals surface area contributed by atoms with Crippen molar-refractivity contribution in [1.29, 1.82) is 0 Å². The Bertz CT molecular complexity index is 313. The Morgan fingerprint density at radius 2 is 2.24 bits per heavy atom. The van der Waals surface area contributed by atoms with Crippen LogP contribution in [0.4, 0.5) is 5.82 Å². The topological polar surface area (TPSA) is 34.1 Å². The van der Waals surface area contributed by atoms with E-state index in [4.69, 9.17) is 4.74 Å².